The van der Waals surface area contributed by atoms with Gasteiger partial charge < -0.3 is 15.0 Å². The molecule has 2 aromatic carbocycles. The standard InChI is InChI=1S/C18H15ClN2O3/c1-24-10-11-8-17(22)21-16-9-12(6-7-13(11)16)20-18(23)14-4-2-3-5-15(14)19/h2-9H,10H2,1H3,(H,20,23)(H,21,22). The summed E-state index contributed by atoms with van der Waals surface area (Å²) in [6, 6.07) is 13.6. The van der Waals surface area contributed by atoms with Gasteiger partial charge in [0.1, 0.15) is 0 Å². The number of carbonyl (C=O) groups is 1. The normalized spacial score (nSPS) is 10.8. The fraction of sp³-hybridized carbons (Fsp3) is 0.111. The number of halogens is 1. The Labute approximate surface area is 143 Å². The number of H-pyrrole nitrogens is 1. The number of carbonyl (C=O) groups excluding carboxylic acids is 1. The molecule has 1 heterocycles. The predicted octanol–water partition coefficient (Wildman–Crippen LogP) is 3.58. The van der Waals surface area contributed by atoms with Gasteiger partial charge in [0.05, 0.1) is 22.7 Å². The van der Waals surface area contributed by atoms with Crippen molar-refractivity contribution in [2.24, 2.45) is 0 Å². The highest BCUT2D eigenvalue weighted by atomic mass is 35.5. The van der Waals surface area contributed by atoms with Crippen molar-refractivity contribution in [3.8, 4) is 0 Å². The minimum atomic E-state index is -0.310. The fourth-order valence-electron chi connectivity index (χ4n) is 2.53. The summed E-state index contributed by atoms with van der Waals surface area (Å²) in [5.41, 5.74) is 2.16. The van der Waals surface area contributed by atoms with Gasteiger partial charge in [-0.2, -0.15) is 0 Å². The van der Waals surface area contributed by atoms with Crippen LogP contribution in [0.3, 0.4) is 0 Å². The molecule has 0 fully saturated rings. The first-order chi connectivity index (χ1) is 11.6. The Kier molecular flexibility index (Phi) is 4.64. The molecular formula is C18H15ClN2O3. The minimum Gasteiger partial charge on any atom is -0.380 e. The molecule has 0 radical (unpaired) electrons. The zero-order chi connectivity index (χ0) is 17.1. The largest absolute Gasteiger partial charge is 0.380 e. The van der Waals surface area contributed by atoms with Crippen LogP contribution >= 0.6 is 11.6 Å². The lowest BCUT2D eigenvalue weighted by atomic mass is 10.1. The lowest BCUT2D eigenvalue weighted by Crippen LogP contribution is -2.13. The highest BCUT2D eigenvalue weighted by Gasteiger charge is 2.11. The van der Waals surface area contributed by atoms with Gasteiger partial charge in [0, 0.05) is 24.2 Å². The van der Waals surface area contributed by atoms with Gasteiger partial charge in [0.25, 0.3) is 5.91 Å². The summed E-state index contributed by atoms with van der Waals surface area (Å²) in [7, 11) is 1.57. The molecule has 0 aliphatic heterocycles. The number of methoxy groups -OCH3 is 1. The van der Waals surface area contributed by atoms with Crippen molar-refractivity contribution >= 4 is 34.1 Å². The molecule has 0 aliphatic rings. The summed E-state index contributed by atoms with van der Waals surface area (Å²) < 4.78 is 5.12. The second-order valence-electron chi connectivity index (χ2n) is 5.29. The average Bonchev–Trinajstić information content (AvgIpc) is 2.55. The Morgan fingerprint density at radius 3 is 2.75 bits per heavy atom. The molecule has 1 aromatic heterocycles. The van der Waals surface area contributed by atoms with E-state index in [1.165, 1.54) is 6.07 Å². The van der Waals surface area contributed by atoms with Crippen molar-refractivity contribution in [1.29, 1.82) is 0 Å². The molecule has 0 unspecified atom stereocenters. The van der Waals surface area contributed by atoms with Gasteiger partial charge in [0.15, 0.2) is 0 Å². The maximum atomic E-state index is 12.3. The first kappa shape index (κ1) is 16.2. The van der Waals surface area contributed by atoms with E-state index in [1.54, 1.807) is 43.5 Å². The number of benzene rings is 2. The van der Waals surface area contributed by atoms with E-state index >= 15 is 0 Å². The number of anilines is 1. The summed E-state index contributed by atoms with van der Waals surface area (Å²) in [5, 5.41) is 4.03. The van der Waals surface area contributed by atoms with E-state index in [-0.39, 0.29) is 11.5 Å². The van der Waals surface area contributed by atoms with Gasteiger partial charge in [0.2, 0.25) is 5.56 Å². The van der Waals surface area contributed by atoms with Gasteiger partial charge >= 0.3 is 0 Å². The molecule has 3 aromatic rings. The van der Waals surface area contributed by atoms with Crippen molar-refractivity contribution in [3.05, 3.63) is 75.0 Å². The van der Waals surface area contributed by atoms with E-state index in [9.17, 15) is 9.59 Å². The molecule has 0 spiro atoms. The molecule has 6 heteroatoms. The van der Waals surface area contributed by atoms with E-state index in [4.69, 9.17) is 16.3 Å². The zero-order valence-corrected chi connectivity index (χ0v) is 13.7. The molecular weight excluding hydrogens is 328 g/mol. The highest BCUT2D eigenvalue weighted by Crippen LogP contribution is 2.22. The summed E-state index contributed by atoms with van der Waals surface area (Å²) in [6.07, 6.45) is 0. The fourth-order valence-corrected chi connectivity index (χ4v) is 2.75. The number of rotatable bonds is 4. The Bertz CT molecular complexity index is 966. The summed E-state index contributed by atoms with van der Waals surface area (Å²) >= 11 is 6.03. The van der Waals surface area contributed by atoms with Crippen LogP contribution in [0.4, 0.5) is 5.69 Å². The Morgan fingerprint density at radius 1 is 1.21 bits per heavy atom. The lowest BCUT2D eigenvalue weighted by Gasteiger charge is -2.09. The number of aromatic nitrogens is 1. The van der Waals surface area contributed by atoms with E-state index in [1.807, 2.05) is 6.07 Å². The number of ether oxygens (including phenoxy) is 1. The number of hydrogen-bond acceptors (Lipinski definition) is 3. The van der Waals surface area contributed by atoms with Crippen molar-refractivity contribution in [1.82, 2.24) is 4.98 Å². The van der Waals surface area contributed by atoms with Crippen LogP contribution in [0.5, 0.6) is 0 Å². The number of pyridine rings is 1. The molecule has 0 bridgehead atoms. The van der Waals surface area contributed by atoms with Crippen LogP contribution in [0.25, 0.3) is 10.9 Å². The van der Waals surface area contributed by atoms with Gasteiger partial charge in [-0.05, 0) is 29.8 Å². The maximum absolute atomic E-state index is 12.3. The van der Waals surface area contributed by atoms with Crippen LogP contribution in [-0.4, -0.2) is 18.0 Å². The predicted molar refractivity (Wildman–Crippen MR) is 94.7 cm³/mol. The van der Waals surface area contributed by atoms with Crippen molar-refractivity contribution in [2.75, 3.05) is 12.4 Å². The lowest BCUT2D eigenvalue weighted by molar-refractivity contribution is 0.102. The van der Waals surface area contributed by atoms with Crippen LogP contribution in [0, 0.1) is 0 Å². The van der Waals surface area contributed by atoms with Gasteiger partial charge in [-0.25, -0.2) is 0 Å². The molecule has 0 atom stereocenters. The Hall–Kier alpha value is -2.63. The van der Waals surface area contributed by atoms with Gasteiger partial charge in [-0.3, -0.25) is 9.59 Å². The molecule has 2 N–H and O–H groups in total. The molecule has 3 rings (SSSR count). The summed E-state index contributed by atoms with van der Waals surface area (Å²) in [5.74, 6) is -0.310. The number of fused-ring (bicyclic) bond motifs is 1. The van der Waals surface area contributed by atoms with Crippen LogP contribution in [0.1, 0.15) is 15.9 Å². The first-order valence-electron chi connectivity index (χ1n) is 7.29. The Balaban J connectivity index is 1.95. The van der Waals surface area contributed by atoms with E-state index in [0.29, 0.717) is 28.4 Å². The smallest absolute Gasteiger partial charge is 0.257 e. The first-order valence-corrected chi connectivity index (χ1v) is 7.67. The van der Waals surface area contributed by atoms with Crippen LogP contribution < -0.4 is 10.9 Å². The molecule has 5 nitrogen and oxygen atoms in total. The molecule has 0 saturated carbocycles. The summed E-state index contributed by atoms with van der Waals surface area (Å²) in [6.45, 7) is 0.339. The monoisotopic (exact) mass is 342 g/mol. The minimum absolute atomic E-state index is 0.218. The Morgan fingerprint density at radius 2 is 2.00 bits per heavy atom. The van der Waals surface area contributed by atoms with Crippen molar-refractivity contribution < 1.29 is 9.53 Å². The molecule has 0 aliphatic carbocycles. The topological polar surface area (TPSA) is 71.2 Å². The quantitative estimate of drug-likeness (QED) is 0.761. The van der Waals surface area contributed by atoms with Crippen molar-refractivity contribution in [3.63, 3.8) is 0 Å². The third-order valence-corrected chi connectivity index (χ3v) is 3.93. The summed E-state index contributed by atoms with van der Waals surface area (Å²) in [4.78, 5) is 26.8. The molecule has 1 amide bonds. The van der Waals surface area contributed by atoms with Gasteiger partial charge in [-0.15, -0.1) is 0 Å². The number of nitrogens with one attached hydrogen (secondary N) is 2. The second kappa shape index (κ2) is 6.86. The van der Waals surface area contributed by atoms with E-state index in [2.05, 4.69) is 10.3 Å². The van der Waals surface area contributed by atoms with Crippen LogP contribution in [0.15, 0.2) is 53.3 Å². The number of amides is 1. The van der Waals surface area contributed by atoms with Gasteiger partial charge in [-0.1, -0.05) is 29.8 Å². The van der Waals surface area contributed by atoms with Crippen LogP contribution in [-0.2, 0) is 11.3 Å². The maximum Gasteiger partial charge on any atom is 0.257 e. The molecule has 122 valence electrons. The highest BCUT2D eigenvalue weighted by molar-refractivity contribution is 6.34. The van der Waals surface area contributed by atoms with Crippen LogP contribution in [0.2, 0.25) is 5.02 Å². The second-order valence-corrected chi connectivity index (χ2v) is 5.69. The third-order valence-electron chi connectivity index (χ3n) is 3.60. The number of aromatic amines is 1. The molecule has 24 heavy (non-hydrogen) atoms. The van der Waals surface area contributed by atoms with E-state index in [0.717, 1.165) is 10.9 Å². The zero-order valence-electron chi connectivity index (χ0n) is 12.9. The average molecular weight is 343 g/mol. The number of hydrogen-bond donors (Lipinski definition) is 2. The van der Waals surface area contributed by atoms with E-state index < -0.39 is 0 Å². The SMILES string of the molecule is COCc1cc(=O)[nH]c2cc(NC(=O)c3ccccc3Cl)ccc12. The molecule has 0 saturated heterocycles. The van der Waals surface area contributed by atoms with Crippen molar-refractivity contribution in [2.45, 2.75) is 6.61 Å². The third kappa shape index (κ3) is 3.32.